The van der Waals surface area contributed by atoms with Crippen molar-refractivity contribution < 1.29 is 5.11 Å². The first-order valence-electron chi connectivity index (χ1n) is 4.84. The van der Waals surface area contributed by atoms with Crippen LogP contribution in [0.5, 0.6) is 5.88 Å². The predicted octanol–water partition coefficient (Wildman–Crippen LogP) is 0.806. The van der Waals surface area contributed by atoms with Crippen molar-refractivity contribution in [1.82, 2.24) is 4.68 Å². The quantitative estimate of drug-likeness (QED) is 0.705. The van der Waals surface area contributed by atoms with E-state index in [9.17, 15) is 9.90 Å². The van der Waals surface area contributed by atoms with Crippen molar-refractivity contribution in [1.29, 1.82) is 5.26 Å². The van der Waals surface area contributed by atoms with Gasteiger partial charge in [0.1, 0.15) is 11.6 Å². The predicted molar refractivity (Wildman–Crippen MR) is 62.7 cm³/mol. The van der Waals surface area contributed by atoms with Crippen LogP contribution in [0.2, 0.25) is 0 Å². The van der Waals surface area contributed by atoms with Gasteiger partial charge in [-0.1, -0.05) is 30.3 Å². The zero-order valence-corrected chi connectivity index (χ0v) is 8.79. The van der Waals surface area contributed by atoms with E-state index in [1.54, 1.807) is 24.3 Å². The Morgan fingerprint density at radius 1 is 1.29 bits per heavy atom. The lowest BCUT2D eigenvalue weighted by atomic mass is 10.0. The second-order valence-electron chi connectivity index (χ2n) is 3.44. The largest absolute Gasteiger partial charge is 0.492 e. The van der Waals surface area contributed by atoms with Gasteiger partial charge >= 0.3 is 0 Å². The Bertz CT molecular complexity index is 654. The topological polar surface area (TPSA) is 92.0 Å². The molecule has 0 saturated carbocycles. The molecule has 5 nitrogen and oxygen atoms in total. The number of hydrogen-bond acceptors (Lipinski definition) is 4. The molecule has 2 aromatic rings. The molecule has 0 aliphatic rings. The number of nitrogens with zero attached hydrogens (tertiary/aromatic N) is 2. The molecule has 0 amide bonds. The molecule has 1 aromatic carbocycles. The van der Waals surface area contributed by atoms with E-state index >= 15 is 0 Å². The molecule has 84 valence electrons. The summed E-state index contributed by atoms with van der Waals surface area (Å²) < 4.78 is 0.547. The van der Waals surface area contributed by atoms with Crippen LogP contribution in [0.3, 0.4) is 0 Å². The van der Waals surface area contributed by atoms with Gasteiger partial charge in [-0.25, -0.2) is 0 Å². The third-order valence-electron chi connectivity index (χ3n) is 2.42. The molecule has 0 saturated heterocycles. The molecule has 0 radical (unpaired) electrons. The average molecular weight is 227 g/mol. The molecule has 3 N–H and O–H groups in total. The molecular formula is C12H9N3O2. The SMILES string of the molecule is N#Cc1c(-c2ccccc2)cc(=O)n(N)c1O. The molecule has 2 rings (SSSR count). The van der Waals surface area contributed by atoms with E-state index in [0.29, 0.717) is 15.8 Å². The van der Waals surface area contributed by atoms with E-state index in [4.69, 9.17) is 11.1 Å². The maximum atomic E-state index is 11.5. The normalized spacial score (nSPS) is 9.82. The number of aromatic nitrogens is 1. The number of rotatable bonds is 1. The fourth-order valence-corrected chi connectivity index (χ4v) is 1.57. The van der Waals surface area contributed by atoms with Crippen molar-refractivity contribution in [2.45, 2.75) is 0 Å². The molecule has 1 aromatic heterocycles. The van der Waals surface area contributed by atoms with Gasteiger partial charge < -0.3 is 10.9 Å². The van der Waals surface area contributed by atoms with Crippen LogP contribution >= 0.6 is 0 Å². The van der Waals surface area contributed by atoms with Gasteiger partial charge in [0.25, 0.3) is 5.56 Å². The molecule has 0 unspecified atom stereocenters. The number of nitriles is 1. The first-order valence-corrected chi connectivity index (χ1v) is 4.84. The third-order valence-corrected chi connectivity index (χ3v) is 2.42. The minimum atomic E-state index is -0.569. The number of aromatic hydroxyl groups is 1. The maximum Gasteiger partial charge on any atom is 0.272 e. The minimum absolute atomic E-state index is 0.0155. The van der Waals surface area contributed by atoms with Crippen molar-refractivity contribution in [2.24, 2.45) is 0 Å². The molecule has 5 heteroatoms. The van der Waals surface area contributed by atoms with Gasteiger partial charge in [0.15, 0.2) is 0 Å². The van der Waals surface area contributed by atoms with E-state index in [1.807, 2.05) is 12.1 Å². The van der Waals surface area contributed by atoms with Crippen LogP contribution in [0, 0.1) is 11.3 Å². The van der Waals surface area contributed by atoms with Crippen LogP contribution in [-0.2, 0) is 0 Å². The Kier molecular flexibility index (Phi) is 2.55. The highest BCUT2D eigenvalue weighted by molar-refractivity contribution is 5.72. The summed E-state index contributed by atoms with van der Waals surface area (Å²) in [7, 11) is 0. The van der Waals surface area contributed by atoms with Gasteiger partial charge in [-0.15, -0.1) is 0 Å². The fraction of sp³-hybridized carbons (Fsp3) is 0. The van der Waals surface area contributed by atoms with Crippen molar-refractivity contribution >= 4 is 0 Å². The number of benzene rings is 1. The van der Waals surface area contributed by atoms with Crippen LogP contribution in [0.25, 0.3) is 11.1 Å². The lowest BCUT2D eigenvalue weighted by Gasteiger charge is -2.08. The lowest BCUT2D eigenvalue weighted by molar-refractivity contribution is 0.428. The zero-order chi connectivity index (χ0) is 12.4. The second kappa shape index (κ2) is 4.02. The summed E-state index contributed by atoms with van der Waals surface area (Å²) in [6.45, 7) is 0. The van der Waals surface area contributed by atoms with Crippen LogP contribution < -0.4 is 11.4 Å². The first-order chi connectivity index (χ1) is 8.15. The van der Waals surface area contributed by atoms with E-state index in [-0.39, 0.29) is 5.56 Å². The van der Waals surface area contributed by atoms with E-state index in [2.05, 4.69) is 0 Å². The van der Waals surface area contributed by atoms with Gasteiger partial charge in [-0.05, 0) is 5.56 Å². The number of nitrogens with two attached hydrogens (primary N) is 1. The smallest absolute Gasteiger partial charge is 0.272 e. The van der Waals surface area contributed by atoms with Crippen molar-refractivity contribution in [3.05, 3.63) is 52.3 Å². The zero-order valence-electron chi connectivity index (χ0n) is 8.79. The van der Waals surface area contributed by atoms with Crippen molar-refractivity contribution in [3.63, 3.8) is 0 Å². The molecular weight excluding hydrogens is 218 g/mol. The highest BCUT2D eigenvalue weighted by Crippen LogP contribution is 2.26. The van der Waals surface area contributed by atoms with Gasteiger partial charge in [-0.2, -0.15) is 9.94 Å². The monoisotopic (exact) mass is 227 g/mol. The standard InChI is InChI=1S/C12H9N3O2/c13-7-10-9(8-4-2-1-3-5-8)6-11(16)15(14)12(10)17/h1-6,17H,14H2. The maximum absolute atomic E-state index is 11.5. The van der Waals surface area contributed by atoms with Gasteiger partial charge in [0.05, 0.1) is 0 Å². The highest BCUT2D eigenvalue weighted by Gasteiger charge is 2.14. The van der Waals surface area contributed by atoms with Crippen LogP contribution in [0.15, 0.2) is 41.2 Å². The van der Waals surface area contributed by atoms with E-state index in [0.717, 1.165) is 0 Å². The Labute approximate surface area is 96.9 Å². The minimum Gasteiger partial charge on any atom is -0.492 e. The van der Waals surface area contributed by atoms with Gasteiger partial charge in [-0.3, -0.25) is 4.79 Å². The van der Waals surface area contributed by atoms with Crippen LogP contribution in [0.4, 0.5) is 0 Å². The Morgan fingerprint density at radius 2 is 1.94 bits per heavy atom. The summed E-state index contributed by atoms with van der Waals surface area (Å²) in [5, 5.41) is 18.6. The Hall–Kier alpha value is -2.74. The Balaban J connectivity index is 2.81. The molecule has 0 bridgehead atoms. The second-order valence-corrected chi connectivity index (χ2v) is 3.44. The van der Waals surface area contributed by atoms with Crippen molar-refractivity contribution in [3.8, 4) is 23.1 Å². The van der Waals surface area contributed by atoms with E-state index in [1.165, 1.54) is 6.07 Å². The highest BCUT2D eigenvalue weighted by atomic mass is 16.3. The molecule has 0 aliphatic carbocycles. The third kappa shape index (κ3) is 1.72. The summed E-state index contributed by atoms with van der Waals surface area (Å²) in [5.41, 5.74) is 0.466. The average Bonchev–Trinajstić information content (AvgIpc) is 2.36. The number of pyridine rings is 1. The van der Waals surface area contributed by atoms with Gasteiger partial charge in [0, 0.05) is 11.6 Å². The molecule has 17 heavy (non-hydrogen) atoms. The number of hydrogen-bond donors (Lipinski definition) is 2. The molecule has 0 aliphatic heterocycles. The summed E-state index contributed by atoms with van der Waals surface area (Å²) in [4.78, 5) is 11.5. The summed E-state index contributed by atoms with van der Waals surface area (Å²) >= 11 is 0. The molecule has 1 heterocycles. The van der Waals surface area contributed by atoms with E-state index < -0.39 is 11.4 Å². The molecule has 0 atom stereocenters. The molecule has 0 fully saturated rings. The molecule has 0 spiro atoms. The fourth-order valence-electron chi connectivity index (χ4n) is 1.57. The van der Waals surface area contributed by atoms with Crippen LogP contribution in [-0.4, -0.2) is 9.78 Å². The summed E-state index contributed by atoms with van der Waals surface area (Å²) in [6, 6.07) is 11.9. The summed E-state index contributed by atoms with van der Waals surface area (Å²) in [5.74, 6) is 4.78. The number of nitrogen functional groups attached to an aromatic ring is 1. The summed E-state index contributed by atoms with van der Waals surface area (Å²) in [6.07, 6.45) is 0. The first kappa shape index (κ1) is 10.8. The van der Waals surface area contributed by atoms with Crippen molar-refractivity contribution in [2.75, 3.05) is 5.84 Å². The Morgan fingerprint density at radius 3 is 2.53 bits per heavy atom. The lowest BCUT2D eigenvalue weighted by Crippen LogP contribution is -2.27. The van der Waals surface area contributed by atoms with Crippen LogP contribution in [0.1, 0.15) is 5.56 Å². The van der Waals surface area contributed by atoms with Gasteiger partial charge in [0.2, 0.25) is 5.88 Å².